The number of halogens is 6. The quantitative estimate of drug-likeness (QED) is 0.700. The first-order valence-electron chi connectivity index (χ1n) is 7.80. The van der Waals surface area contributed by atoms with Crippen LogP contribution in [0.5, 0.6) is 0 Å². The summed E-state index contributed by atoms with van der Waals surface area (Å²) in [6, 6.07) is 3.93. The fourth-order valence-electron chi connectivity index (χ4n) is 2.63. The van der Waals surface area contributed by atoms with Crippen LogP contribution in [0.15, 0.2) is 30.5 Å². The lowest BCUT2D eigenvalue weighted by molar-refractivity contribution is -0.137. The van der Waals surface area contributed by atoms with Gasteiger partial charge in [-0.3, -0.25) is 4.79 Å². The third-order valence-electron chi connectivity index (χ3n) is 4.07. The van der Waals surface area contributed by atoms with Crippen LogP contribution in [0.1, 0.15) is 20.8 Å². The molecule has 1 fully saturated rings. The molecule has 0 N–H and O–H groups in total. The summed E-state index contributed by atoms with van der Waals surface area (Å²) in [6.07, 6.45) is -8.15. The molecule has 27 heavy (non-hydrogen) atoms. The lowest BCUT2D eigenvalue weighted by Gasteiger charge is -2.34. The Morgan fingerprint density at radius 1 is 0.926 bits per heavy atom. The molecule has 0 aliphatic carbocycles. The van der Waals surface area contributed by atoms with Crippen molar-refractivity contribution in [2.75, 3.05) is 31.1 Å². The van der Waals surface area contributed by atoms with E-state index >= 15 is 0 Å². The fraction of sp³-hybridized carbons (Fsp3) is 0.375. The van der Waals surface area contributed by atoms with E-state index in [1.807, 2.05) is 0 Å². The van der Waals surface area contributed by atoms with Gasteiger partial charge in [-0.1, -0.05) is 11.3 Å². The van der Waals surface area contributed by atoms with E-state index in [4.69, 9.17) is 0 Å². The number of aromatic nitrogens is 1. The molecule has 1 amide bonds. The smallest absolute Gasteiger partial charge is 0.345 e. The summed E-state index contributed by atoms with van der Waals surface area (Å²) in [5, 5.41) is 0.226. The van der Waals surface area contributed by atoms with E-state index in [1.54, 1.807) is 4.90 Å². The van der Waals surface area contributed by atoms with Gasteiger partial charge in [0.1, 0.15) is 4.88 Å². The van der Waals surface area contributed by atoms with Gasteiger partial charge in [-0.15, -0.1) is 0 Å². The Morgan fingerprint density at radius 3 is 2.00 bits per heavy atom. The summed E-state index contributed by atoms with van der Waals surface area (Å²) >= 11 is 0.536. The van der Waals surface area contributed by atoms with Crippen LogP contribution in [0.3, 0.4) is 0 Å². The zero-order valence-electron chi connectivity index (χ0n) is 13.6. The second kappa shape index (κ2) is 7.02. The minimum atomic E-state index is -4.48. The van der Waals surface area contributed by atoms with Crippen molar-refractivity contribution in [2.24, 2.45) is 0 Å². The molecule has 2 heterocycles. The van der Waals surface area contributed by atoms with Gasteiger partial charge in [0, 0.05) is 31.7 Å². The Hall–Kier alpha value is -2.30. The number of hydrogen-bond donors (Lipinski definition) is 0. The van der Waals surface area contributed by atoms with E-state index in [2.05, 4.69) is 4.98 Å². The number of anilines is 1. The molecule has 3 rings (SSSR count). The number of alkyl halides is 6. The van der Waals surface area contributed by atoms with E-state index in [0.717, 1.165) is 30.5 Å². The Kier molecular flexibility index (Phi) is 5.06. The number of carbonyl (C=O) groups is 1. The number of rotatable bonds is 2. The molecule has 0 unspecified atom stereocenters. The Balaban J connectivity index is 1.62. The maximum atomic E-state index is 12.7. The van der Waals surface area contributed by atoms with Gasteiger partial charge in [-0.25, -0.2) is 4.98 Å². The molecule has 1 saturated heterocycles. The van der Waals surface area contributed by atoms with Gasteiger partial charge in [0.05, 0.1) is 11.8 Å². The molecule has 0 atom stereocenters. The molecule has 1 aromatic carbocycles. The highest BCUT2D eigenvalue weighted by molar-refractivity contribution is 7.15. The largest absolute Gasteiger partial charge is 0.427 e. The van der Waals surface area contributed by atoms with Crippen molar-refractivity contribution >= 4 is 22.4 Å². The van der Waals surface area contributed by atoms with Gasteiger partial charge in [0.15, 0.2) is 5.13 Å². The van der Waals surface area contributed by atoms with Gasteiger partial charge in [-0.2, -0.15) is 26.3 Å². The van der Waals surface area contributed by atoms with Crippen molar-refractivity contribution in [3.05, 3.63) is 46.5 Å². The Morgan fingerprint density at radius 2 is 1.52 bits per heavy atom. The number of carbonyl (C=O) groups excluding carboxylic acids is 1. The van der Waals surface area contributed by atoms with Crippen molar-refractivity contribution < 1.29 is 31.1 Å². The standard InChI is InChI=1S/C16H13F6N3OS/c17-15(18,19)11-3-1-10(2-4-11)13(26)24-5-7-25(8-6-24)14-23-9-12(27-14)16(20,21)22/h1-4,9H,5-8H2. The zero-order chi connectivity index (χ0) is 19.8. The lowest BCUT2D eigenvalue weighted by atomic mass is 10.1. The normalized spacial score (nSPS) is 15.9. The van der Waals surface area contributed by atoms with E-state index < -0.39 is 28.7 Å². The molecule has 0 radical (unpaired) electrons. The van der Waals surface area contributed by atoms with Crippen LogP contribution >= 0.6 is 11.3 Å². The summed E-state index contributed by atoms with van der Waals surface area (Å²) < 4.78 is 75.7. The van der Waals surface area contributed by atoms with E-state index in [1.165, 1.54) is 4.90 Å². The predicted octanol–water partition coefficient (Wildman–Crippen LogP) is 4.14. The molecule has 1 aliphatic heterocycles. The summed E-state index contributed by atoms with van der Waals surface area (Å²) in [7, 11) is 0. The summed E-state index contributed by atoms with van der Waals surface area (Å²) in [4.78, 5) is 18.5. The zero-order valence-corrected chi connectivity index (χ0v) is 14.5. The molecule has 2 aromatic rings. The third kappa shape index (κ3) is 4.34. The van der Waals surface area contributed by atoms with Crippen LogP contribution in [-0.4, -0.2) is 42.0 Å². The lowest BCUT2D eigenvalue weighted by Crippen LogP contribution is -2.48. The first-order chi connectivity index (χ1) is 12.6. The van der Waals surface area contributed by atoms with Crippen molar-refractivity contribution in [1.29, 1.82) is 0 Å². The van der Waals surface area contributed by atoms with E-state index in [0.29, 0.717) is 11.3 Å². The minimum Gasteiger partial charge on any atom is -0.345 e. The summed E-state index contributed by atoms with van der Waals surface area (Å²) in [5.74, 6) is -0.418. The van der Waals surface area contributed by atoms with Crippen LogP contribution < -0.4 is 4.90 Å². The van der Waals surface area contributed by atoms with E-state index in [-0.39, 0.29) is 36.9 Å². The maximum absolute atomic E-state index is 12.7. The SMILES string of the molecule is O=C(c1ccc(C(F)(F)F)cc1)N1CCN(c2ncc(C(F)(F)F)s2)CC1. The molecule has 0 saturated carbocycles. The molecule has 1 aliphatic rings. The van der Waals surface area contributed by atoms with Gasteiger partial charge >= 0.3 is 12.4 Å². The molecule has 146 valence electrons. The van der Waals surface area contributed by atoms with Crippen molar-refractivity contribution in [3.8, 4) is 0 Å². The van der Waals surface area contributed by atoms with Crippen LogP contribution in [0, 0.1) is 0 Å². The van der Waals surface area contributed by atoms with Gasteiger partial charge in [0.2, 0.25) is 0 Å². The minimum absolute atomic E-state index is 0.130. The van der Waals surface area contributed by atoms with Crippen molar-refractivity contribution in [3.63, 3.8) is 0 Å². The fourth-order valence-corrected chi connectivity index (χ4v) is 3.46. The molecular formula is C16H13F6N3OS. The second-order valence-corrected chi connectivity index (χ2v) is 6.87. The first-order valence-corrected chi connectivity index (χ1v) is 8.62. The number of nitrogens with zero attached hydrogens (tertiary/aromatic N) is 3. The van der Waals surface area contributed by atoms with Crippen LogP contribution in [0.25, 0.3) is 0 Å². The van der Waals surface area contributed by atoms with Gasteiger partial charge in [-0.05, 0) is 24.3 Å². The van der Waals surface area contributed by atoms with Crippen LogP contribution in [0.4, 0.5) is 31.5 Å². The highest BCUT2D eigenvalue weighted by Crippen LogP contribution is 2.36. The highest BCUT2D eigenvalue weighted by Gasteiger charge is 2.34. The molecule has 0 spiro atoms. The second-order valence-electron chi connectivity index (χ2n) is 5.86. The van der Waals surface area contributed by atoms with Gasteiger partial charge < -0.3 is 9.80 Å². The maximum Gasteiger partial charge on any atom is 0.427 e. The number of amides is 1. The number of piperazine rings is 1. The van der Waals surface area contributed by atoms with E-state index in [9.17, 15) is 31.1 Å². The molecule has 4 nitrogen and oxygen atoms in total. The topological polar surface area (TPSA) is 36.4 Å². The Bertz CT molecular complexity index is 807. The summed E-state index contributed by atoms with van der Waals surface area (Å²) in [6.45, 7) is 1.05. The third-order valence-corrected chi connectivity index (χ3v) is 5.17. The first kappa shape index (κ1) is 19.5. The predicted molar refractivity (Wildman–Crippen MR) is 86.7 cm³/mol. The highest BCUT2D eigenvalue weighted by atomic mass is 32.1. The summed E-state index contributed by atoms with van der Waals surface area (Å²) in [5.41, 5.74) is -0.710. The number of thiazole rings is 1. The van der Waals surface area contributed by atoms with Crippen LogP contribution in [-0.2, 0) is 12.4 Å². The average Bonchev–Trinajstić information content (AvgIpc) is 3.11. The van der Waals surface area contributed by atoms with Crippen LogP contribution in [0.2, 0.25) is 0 Å². The average molecular weight is 409 g/mol. The van der Waals surface area contributed by atoms with Crippen molar-refractivity contribution in [1.82, 2.24) is 9.88 Å². The number of hydrogen-bond acceptors (Lipinski definition) is 4. The molecular weight excluding hydrogens is 396 g/mol. The Labute approximate surface area is 154 Å². The monoisotopic (exact) mass is 409 g/mol. The van der Waals surface area contributed by atoms with Crippen molar-refractivity contribution in [2.45, 2.75) is 12.4 Å². The number of benzene rings is 1. The molecule has 0 bridgehead atoms. The molecule has 1 aromatic heterocycles. The van der Waals surface area contributed by atoms with Gasteiger partial charge in [0.25, 0.3) is 5.91 Å². The molecule has 11 heteroatoms.